The molecule has 2 aromatic carbocycles. The van der Waals surface area contributed by atoms with Gasteiger partial charge < -0.3 is 19.2 Å². The van der Waals surface area contributed by atoms with Crippen molar-refractivity contribution in [2.45, 2.75) is 0 Å². The van der Waals surface area contributed by atoms with E-state index in [2.05, 4.69) is 5.32 Å². The molecule has 0 bridgehead atoms. The van der Waals surface area contributed by atoms with Gasteiger partial charge in [0.15, 0.2) is 17.9 Å². The molecule has 144 valence electrons. The molecular formula is C19H13Cl2NO6. The van der Waals surface area contributed by atoms with Crippen LogP contribution in [0.3, 0.4) is 0 Å². The van der Waals surface area contributed by atoms with E-state index in [1.54, 1.807) is 36.4 Å². The first-order chi connectivity index (χ1) is 13.4. The minimum absolute atomic E-state index is 0.160. The molecule has 0 spiro atoms. The highest BCUT2D eigenvalue weighted by Crippen LogP contribution is 2.29. The lowest BCUT2D eigenvalue weighted by molar-refractivity contribution is -0.119. The van der Waals surface area contributed by atoms with Crippen LogP contribution in [0.25, 0.3) is 11.0 Å². The third kappa shape index (κ3) is 4.11. The van der Waals surface area contributed by atoms with Crippen LogP contribution in [0, 0.1) is 0 Å². The zero-order chi connectivity index (χ0) is 20.3. The average Bonchev–Trinajstić information content (AvgIpc) is 2.68. The first kappa shape index (κ1) is 19.7. The smallest absolute Gasteiger partial charge is 0.351 e. The molecule has 0 atom stereocenters. The van der Waals surface area contributed by atoms with Crippen molar-refractivity contribution in [3.05, 3.63) is 68.5 Å². The van der Waals surface area contributed by atoms with Crippen LogP contribution in [0.4, 0.5) is 5.69 Å². The van der Waals surface area contributed by atoms with Crippen LogP contribution in [0.15, 0.2) is 51.7 Å². The number of nitrogens with one attached hydrogen (secondary N) is 1. The largest absolute Gasteiger partial charge is 0.493 e. The maximum absolute atomic E-state index is 12.2. The molecule has 3 rings (SSSR count). The molecule has 0 fully saturated rings. The number of fused-ring (bicyclic) bond motifs is 1. The van der Waals surface area contributed by atoms with Gasteiger partial charge in [-0.3, -0.25) is 4.79 Å². The van der Waals surface area contributed by atoms with Crippen molar-refractivity contribution in [2.24, 2.45) is 0 Å². The standard InChI is InChI=1S/C19H13Cl2NO6/c1-26-14-7-2-4-10-8-11(19(25)28-17(10)14)18(24)27-9-15(23)22-13-6-3-5-12(20)16(13)21/h2-8H,9H2,1H3,(H,22,23). The van der Waals surface area contributed by atoms with E-state index in [1.807, 2.05) is 0 Å². The third-order valence-corrected chi connectivity index (χ3v) is 4.54. The lowest BCUT2D eigenvalue weighted by Gasteiger charge is -2.09. The van der Waals surface area contributed by atoms with E-state index in [-0.39, 0.29) is 26.9 Å². The molecule has 0 aliphatic carbocycles. The number of rotatable bonds is 5. The molecule has 1 heterocycles. The molecule has 0 saturated heterocycles. The Bertz CT molecular complexity index is 1130. The summed E-state index contributed by atoms with van der Waals surface area (Å²) in [6.45, 7) is -0.628. The van der Waals surface area contributed by atoms with Crippen molar-refractivity contribution in [1.82, 2.24) is 0 Å². The monoisotopic (exact) mass is 421 g/mol. The Hall–Kier alpha value is -3.03. The Morgan fingerprint density at radius 3 is 2.64 bits per heavy atom. The fourth-order valence-electron chi connectivity index (χ4n) is 2.42. The normalized spacial score (nSPS) is 10.5. The molecule has 7 nitrogen and oxygen atoms in total. The number of ether oxygens (including phenoxy) is 2. The summed E-state index contributed by atoms with van der Waals surface area (Å²) < 4.78 is 15.2. The molecule has 3 aromatic rings. The number of benzene rings is 2. The highest BCUT2D eigenvalue weighted by atomic mass is 35.5. The van der Waals surface area contributed by atoms with E-state index >= 15 is 0 Å². The van der Waals surface area contributed by atoms with E-state index in [1.165, 1.54) is 13.2 Å². The van der Waals surface area contributed by atoms with Crippen molar-refractivity contribution in [2.75, 3.05) is 19.0 Å². The summed E-state index contributed by atoms with van der Waals surface area (Å²) in [7, 11) is 1.43. The van der Waals surface area contributed by atoms with Gasteiger partial charge in [-0.15, -0.1) is 0 Å². The van der Waals surface area contributed by atoms with Crippen LogP contribution in [0.5, 0.6) is 5.75 Å². The first-order valence-electron chi connectivity index (χ1n) is 7.92. The maximum atomic E-state index is 12.2. The fourth-order valence-corrected chi connectivity index (χ4v) is 2.76. The van der Waals surface area contributed by atoms with Crippen LogP contribution >= 0.6 is 23.2 Å². The summed E-state index contributed by atoms with van der Waals surface area (Å²) in [4.78, 5) is 36.3. The average molecular weight is 422 g/mol. The van der Waals surface area contributed by atoms with Gasteiger partial charge in [0, 0.05) is 5.39 Å². The molecule has 0 aliphatic rings. The highest BCUT2D eigenvalue weighted by molar-refractivity contribution is 6.44. The highest BCUT2D eigenvalue weighted by Gasteiger charge is 2.18. The number of hydrogen-bond donors (Lipinski definition) is 1. The summed E-state index contributed by atoms with van der Waals surface area (Å²) in [6.07, 6.45) is 0. The molecule has 0 aliphatic heterocycles. The van der Waals surface area contributed by atoms with E-state index < -0.39 is 24.1 Å². The second kappa shape index (κ2) is 8.33. The van der Waals surface area contributed by atoms with Crippen molar-refractivity contribution >= 4 is 51.7 Å². The van der Waals surface area contributed by atoms with Gasteiger partial charge in [-0.1, -0.05) is 41.4 Å². The van der Waals surface area contributed by atoms with E-state index in [0.717, 1.165) is 0 Å². The Balaban J connectivity index is 1.73. The minimum Gasteiger partial charge on any atom is -0.493 e. The van der Waals surface area contributed by atoms with Crippen molar-refractivity contribution in [3.63, 3.8) is 0 Å². The zero-order valence-corrected chi connectivity index (χ0v) is 16.0. The maximum Gasteiger partial charge on any atom is 0.351 e. The lowest BCUT2D eigenvalue weighted by atomic mass is 10.2. The molecule has 9 heteroatoms. The molecule has 0 radical (unpaired) electrons. The minimum atomic E-state index is -0.995. The van der Waals surface area contributed by atoms with Gasteiger partial charge in [0.2, 0.25) is 0 Å². The van der Waals surface area contributed by atoms with Gasteiger partial charge in [-0.05, 0) is 24.3 Å². The van der Waals surface area contributed by atoms with Gasteiger partial charge in [0.25, 0.3) is 5.91 Å². The van der Waals surface area contributed by atoms with Gasteiger partial charge in [-0.25, -0.2) is 9.59 Å². The molecule has 1 aromatic heterocycles. The fraction of sp³-hybridized carbons (Fsp3) is 0.105. The van der Waals surface area contributed by atoms with Crippen LogP contribution < -0.4 is 15.7 Å². The molecule has 0 unspecified atom stereocenters. The lowest BCUT2D eigenvalue weighted by Crippen LogP contribution is -2.23. The van der Waals surface area contributed by atoms with Gasteiger partial charge in [0.05, 0.1) is 22.8 Å². The van der Waals surface area contributed by atoms with Crippen LogP contribution in [0.2, 0.25) is 10.0 Å². The Kier molecular flexibility index (Phi) is 5.87. The van der Waals surface area contributed by atoms with Crippen LogP contribution in [-0.2, 0) is 9.53 Å². The van der Waals surface area contributed by atoms with Crippen LogP contribution in [-0.4, -0.2) is 25.6 Å². The number of methoxy groups -OCH3 is 1. The molecule has 28 heavy (non-hydrogen) atoms. The topological polar surface area (TPSA) is 94.8 Å². The summed E-state index contributed by atoms with van der Waals surface area (Å²) >= 11 is 11.8. The van der Waals surface area contributed by atoms with Crippen molar-refractivity contribution in [1.29, 1.82) is 0 Å². The second-order valence-corrected chi connectivity index (χ2v) is 6.34. The Morgan fingerprint density at radius 2 is 1.89 bits per heavy atom. The van der Waals surface area contributed by atoms with Gasteiger partial charge in [-0.2, -0.15) is 0 Å². The summed E-state index contributed by atoms with van der Waals surface area (Å²) in [5.41, 5.74) is -0.762. The number of anilines is 1. The third-order valence-electron chi connectivity index (χ3n) is 3.72. The predicted molar refractivity (Wildman–Crippen MR) is 104 cm³/mol. The number of amides is 1. The Morgan fingerprint density at radius 1 is 1.14 bits per heavy atom. The predicted octanol–water partition coefficient (Wildman–Crippen LogP) is 3.90. The number of hydrogen-bond acceptors (Lipinski definition) is 6. The first-order valence-corrected chi connectivity index (χ1v) is 8.68. The number of para-hydroxylation sites is 1. The van der Waals surface area contributed by atoms with E-state index in [0.29, 0.717) is 11.1 Å². The number of carbonyl (C=O) groups excluding carboxylic acids is 2. The second-order valence-electron chi connectivity index (χ2n) is 5.55. The van der Waals surface area contributed by atoms with Gasteiger partial charge in [0.1, 0.15) is 5.56 Å². The van der Waals surface area contributed by atoms with Crippen molar-refractivity contribution in [3.8, 4) is 5.75 Å². The number of esters is 1. The van der Waals surface area contributed by atoms with E-state index in [9.17, 15) is 14.4 Å². The molecule has 0 saturated carbocycles. The Labute approximate surface area is 168 Å². The molecule has 1 N–H and O–H groups in total. The molecule has 1 amide bonds. The number of carbonyl (C=O) groups is 2. The number of halogens is 2. The van der Waals surface area contributed by atoms with E-state index in [4.69, 9.17) is 37.1 Å². The quantitative estimate of drug-likeness (QED) is 0.495. The SMILES string of the molecule is COc1cccc2cc(C(=O)OCC(=O)Nc3cccc(Cl)c3Cl)c(=O)oc12. The summed E-state index contributed by atoms with van der Waals surface area (Å²) in [5.74, 6) is -1.29. The van der Waals surface area contributed by atoms with Crippen LogP contribution in [0.1, 0.15) is 10.4 Å². The van der Waals surface area contributed by atoms with Crippen molar-refractivity contribution < 1.29 is 23.5 Å². The summed E-state index contributed by atoms with van der Waals surface area (Å²) in [6, 6.07) is 11.0. The molecular weight excluding hydrogens is 409 g/mol. The zero-order valence-electron chi connectivity index (χ0n) is 14.5. The van der Waals surface area contributed by atoms with Gasteiger partial charge >= 0.3 is 11.6 Å². The summed E-state index contributed by atoms with van der Waals surface area (Å²) in [5, 5.41) is 3.36.